The van der Waals surface area contributed by atoms with Gasteiger partial charge in [0.1, 0.15) is 6.04 Å². The minimum Gasteiger partial charge on any atom is -0.378 e. The summed E-state index contributed by atoms with van der Waals surface area (Å²) in [5.74, 6) is -0.637. The van der Waals surface area contributed by atoms with Crippen molar-refractivity contribution in [1.29, 1.82) is 0 Å². The second-order valence-electron chi connectivity index (χ2n) is 8.12. The monoisotopic (exact) mass is 493 g/mol. The van der Waals surface area contributed by atoms with Crippen molar-refractivity contribution in [2.45, 2.75) is 16.2 Å². The van der Waals surface area contributed by atoms with E-state index in [1.54, 1.807) is 6.07 Å². The van der Waals surface area contributed by atoms with E-state index in [0.717, 1.165) is 29.9 Å². The number of hydrogen-bond donors (Lipinski definition) is 1. The maximum atomic E-state index is 13.5. The molecule has 0 aliphatic carbocycles. The molecular formula is C26H24ClN3O3S. The lowest BCUT2D eigenvalue weighted by Gasteiger charge is -2.30. The average molecular weight is 494 g/mol. The topological polar surface area (TPSA) is 61.9 Å². The molecule has 0 saturated carbocycles. The van der Waals surface area contributed by atoms with Crippen molar-refractivity contribution < 1.29 is 14.3 Å². The van der Waals surface area contributed by atoms with Crippen LogP contribution in [0.5, 0.6) is 0 Å². The number of nitrogens with zero attached hydrogens (tertiary/aromatic N) is 2. The van der Waals surface area contributed by atoms with Crippen molar-refractivity contribution in [1.82, 2.24) is 10.4 Å². The van der Waals surface area contributed by atoms with Crippen molar-refractivity contribution in [2.24, 2.45) is 0 Å². The number of hydrazine groups is 1. The van der Waals surface area contributed by atoms with Gasteiger partial charge in [0.2, 0.25) is 0 Å². The summed E-state index contributed by atoms with van der Waals surface area (Å²) >= 11 is 7.45. The van der Waals surface area contributed by atoms with Crippen molar-refractivity contribution in [3.05, 3.63) is 95.0 Å². The van der Waals surface area contributed by atoms with Gasteiger partial charge in [-0.2, -0.15) is 0 Å². The predicted molar refractivity (Wildman–Crippen MR) is 134 cm³/mol. The molecule has 3 aromatic carbocycles. The molecule has 2 fully saturated rings. The fourth-order valence-corrected chi connectivity index (χ4v) is 5.48. The number of carbonyl (C=O) groups excluding carboxylic acids is 2. The molecule has 2 unspecified atom stereocenters. The van der Waals surface area contributed by atoms with Crippen LogP contribution < -0.4 is 10.3 Å². The number of hydrogen-bond acceptors (Lipinski definition) is 5. The number of rotatable bonds is 6. The van der Waals surface area contributed by atoms with Gasteiger partial charge in [-0.05, 0) is 35.4 Å². The van der Waals surface area contributed by atoms with Gasteiger partial charge in [-0.25, -0.2) is 5.01 Å². The third kappa shape index (κ3) is 4.64. The van der Waals surface area contributed by atoms with Gasteiger partial charge in [-0.3, -0.25) is 15.0 Å². The molecule has 174 valence electrons. The number of nitrogens with one attached hydrogen (secondary N) is 1. The van der Waals surface area contributed by atoms with Crippen molar-refractivity contribution in [2.75, 3.05) is 31.2 Å². The maximum Gasteiger partial charge on any atom is 0.265 e. The number of thioether (sulfide) groups is 1. The molecule has 34 heavy (non-hydrogen) atoms. The van der Waals surface area contributed by atoms with Crippen LogP contribution in [0.3, 0.4) is 0 Å². The molecule has 0 radical (unpaired) electrons. The van der Waals surface area contributed by atoms with Crippen molar-refractivity contribution in [3.8, 4) is 0 Å². The first-order chi connectivity index (χ1) is 16.6. The molecule has 8 heteroatoms. The fraction of sp³-hybridized carbons (Fsp3) is 0.231. The summed E-state index contributed by atoms with van der Waals surface area (Å²) in [6.07, 6.45) is 0. The Labute approximate surface area is 207 Å². The summed E-state index contributed by atoms with van der Waals surface area (Å²) in [6.45, 7) is 3.13. The van der Waals surface area contributed by atoms with Crippen LogP contribution >= 0.6 is 23.4 Å². The molecule has 2 saturated heterocycles. The first-order valence-electron chi connectivity index (χ1n) is 11.1. The second kappa shape index (κ2) is 10.1. The molecule has 2 atom stereocenters. The molecule has 0 aromatic heterocycles. The van der Waals surface area contributed by atoms with Crippen LogP contribution in [0.2, 0.25) is 5.02 Å². The van der Waals surface area contributed by atoms with E-state index in [4.69, 9.17) is 16.3 Å². The molecule has 0 spiro atoms. The molecule has 2 aliphatic rings. The molecule has 2 amide bonds. The number of morpholine rings is 1. The predicted octanol–water partition coefficient (Wildman–Crippen LogP) is 4.30. The maximum absolute atomic E-state index is 13.5. The van der Waals surface area contributed by atoms with Crippen molar-refractivity contribution >= 4 is 40.9 Å². The molecule has 1 N–H and O–H groups in total. The lowest BCUT2D eigenvalue weighted by molar-refractivity contribution is -0.131. The van der Waals surface area contributed by atoms with E-state index in [9.17, 15) is 9.59 Å². The number of halogens is 1. The Hall–Kier alpha value is -3.00. The number of ether oxygens (including phenoxy) is 1. The minimum absolute atomic E-state index is 0.291. The standard InChI is InChI=1S/C26H24ClN3O3S/c27-21-8-4-5-9-22(21)34-24-25(31)28-30(26(24)32)23(18-6-2-1-3-7-18)19-10-12-20(13-11-19)29-14-16-33-17-15-29/h1-13,23-24H,14-17H2,(H,28,31). The summed E-state index contributed by atoms with van der Waals surface area (Å²) in [5, 5.41) is 1.07. The quantitative estimate of drug-likeness (QED) is 0.519. The van der Waals surface area contributed by atoms with E-state index in [2.05, 4.69) is 22.5 Å². The van der Waals surface area contributed by atoms with Gasteiger partial charge in [0.05, 0.1) is 18.2 Å². The Morgan fingerprint density at radius 1 is 0.882 bits per heavy atom. The SMILES string of the molecule is O=C1NN(C(c2ccccc2)c2ccc(N3CCOCC3)cc2)C(=O)C1Sc1ccccc1Cl. The Morgan fingerprint density at radius 3 is 2.24 bits per heavy atom. The van der Waals surface area contributed by atoms with Gasteiger partial charge >= 0.3 is 0 Å². The van der Waals surface area contributed by atoms with Gasteiger partial charge in [0.25, 0.3) is 11.8 Å². The summed E-state index contributed by atoms with van der Waals surface area (Å²) in [6, 6.07) is 24.7. The molecular weight excluding hydrogens is 470 g/mol. The minimum atomic E-state index is -0.904. The Bertz CT molecular complexity index is 1170. The molecule has 2 aliphatic heterocycles. The van der Waals surface area contributed by atoms with Crippen LogP contribution in [0.25, 0.3) is 0 Å². The van der Waals surface area contributed by atoms with E-state index in [0.29, 0.717) is 23.1 Å². The molecule has 0 bridgehead atoms. The Kier molecular flexibility index (Phi) is 6.76. The van der Waals surface area contributed by atoms with Gasteiger partial charge in [0, 0.05) is 23.7 Å². The highest BCUT2D eigenvalue weighted by Crippen LogP contribution is 2.37. The van der Waals surface area contributed by atoms with E-state index in [-0.39, 0.29) is 11.8 Å². The Balaban J connectivity index is 1.44. The van der Waals surface area contributed by atoms with E-state index < -0.39 is 11.3 Å². The average Bonchev–Trinajstić information content (AvgIpc) is 3.15. The largest absolute Gasteiger partial charge is 0.378 e. The zero-order valence-electron chi connectivity index (χ0n) is 18.4. The summed E-state index contributed by atoms with van der Waals surface area (Å²) < 4.78 is 5.45. The van der Waals surface area contributed by atoms with Crippen LogP contribution in [0.4, 0.5) is 5.69 Å². The number of amides is 2. The molecule has 3 aromatic rings. The van der Waals surface area contributed by atoms with Gasteiger partial charge in [-0.1, -0.05) is 66.2 Å². The Morgan fingerprint density at radius 2 is 1.53 bits per heavy atom. The highest BCUT2D eigenvalue weighted by molar-refractivity contribution is 8.01. The van der Waals surface area contributed by atoms with Crippen molar-refractivity contribution in [3.63, 3.8) is 0 Å². The lowest BCUT2D eigenvalue weighted by atomic mass is 9.97. The first kappa shape index (κ1) is 22.8. The zero-order valence-corrected chi connectivity index (χ0v) is 20.0. The lowest BCUT2D eigenvalue weighted by Crippen LogP contribution is -2.40. The van der Waals surface area contributed by atoms with Crippen LogP contribution in [-0.4, -0.2) is 48.4 Å². The first-order valence-corrected chi connectivity index (χ1v) is 12.4. The molecule has 2 heterocycles. The number of benzene rings is 3. The van der Waals surface area contributed by atoms with E-state index in [1.165, 1.54) is 16.8 Å². The summed E-state index contributed by atoms with van der Waals surface area (Å²) in [7, 11) is 0. The van der Waals surface area contributed by atoms with Gasteiger partial charge in [0.15, 0.2) is 5.25 Å². The molecule has 5 rings (SSSR count). The highest BCUT2D eigenvalue weighted by Gasteiger charge is 2.44. The fourth-order valence-electron chi connectivity index (χ4n) is 4.25. The third-order valence-corrected chi connectivity index (χ3v) is 7.67. The van der Waals surface area contributed by atoms with Crippen LogP contribution in [0.1, 0.15) is 17.2 Å². The number of carbonyl (C=O) groups is 2. The second-order valence-corrected chi connectivity index (χ2v) is 9.67. The zero-order chi connectivity index (χ0) is 23.5. The van der Waals surface area contributed by atoms with E-state index >= 15 is 0 Å². The smallest absolute Gasteiger partial charge is 0.265 e. The van der Waals surface area contributed by atoms with Crippen LogP contribution in [0, 0.1) is 0 Å². The number of anilines is 1. The normalized spacial score (nSPS) is 19.3. The summed E-state index contributed by atoms with van der Waals surface area (Å²) in [4.78, 5) is 29.4. The van der Waals surface area contributed by atoms with Crippen LogP contribution in [0.15, 0.2) is 83.8 Å². The third-order valence-electron chi connectivity index (χ3n) is 5.97. The van der Waals surface area contributed by atoms with E-state index in [1.807, 2.05) is 60.7 Å². The van der Waals surface area contributed by atoms with Gasteiger partial charge in [-0.15, -0.1) is 11.8 Å². The highest BCUT2D eigenvalue weighted by atomic mass is 35.5. The van der Waals surface area contributed by atoms with Gasteiger partial charge < -0.3 is 9.64 Å². The molecule has 6 nitrogen and oxygen atoms in total. The van der Waals surface area contributed by atoms with Crippen LogP contribution in [-0.2, 0) is 14.3 Å². The summed E-state index contributed by atoms with van der Waals surface area (Å²) in [5.41, 5.74) is 5.77.